The fraction of sp³-hybridized carbons (Fsp3) is 1.00. The first-order valence-electron chi connectivity index (χ1n) is 5.96. The largest absolute Gasteiger partial charge is 0.0602 e. The van der Waals surface area contributed by atoms with Crippen LogP contribution >= 0.6 is 0 Å². The molecular weight excluding hydrogens is 168 g/mol. The summed E-state index contributed by atoms with van der Waals surface area (Å²) in [7, 11) is 0. The lowest BCUT2D eigenvalue weighted by Crippen LogP contribution is -2.29. The monoisotopic (exact) mass is 198 g/mol. The van der Waals surface area contributed by atoms with E-state index in [2.05, 4.69) is 55.4 Å². The van der Waals surface area contributed by atoms with E-state index in [1.807, 2.05) is 0 Å². The predicted octanol–water partition coefficient (Wildman–Crippen LogP) is 5.28. The Morgan fingerprint density at radius 3 is 1.36 bits per heavy atom. The number of hydrogen-bond acceptors (Lipinski definition) is 0. The number of hydrogen-bond donors (Lipinski definition) is 0. The van der Waals surface area contributed by atoms with E-state index in [4.69, 9.17) is 0 Å². The summed E-state index contributed by atoms with van der Waals surface area (Å²) < 4.78 is 0. The molecule has 0 radical (unpaired) electrons. The second-order valence-corrected chi connectivity index (χ2v) is 7.55. The van der Waals surface area contributed by atoms with Gasteiger partial charge in [-0.05, 0) is 29.1 Å². The van der Waals surface area contributed by atoms with Crippen molar-refractivity contribution < 1.29 is 0 Å². The van der Waals surface area contributed by atoms with E-state index in [0.29, 0.717) is 16.2 Å². The van der Waals surface area contributed by atoms with Crippen LogP contribution in [0.4, 0.5) is 0 Å². The van der Waals surface area contributed by atoms with E-state index in [1.54, 1.807) is 0 Å². The van der Waals surface area contributed by atoms with E-state index >= 15 is 0 Å². The van der Waals surface area contributed by atoms with Gasteiger partial charge in [0.2, 0.25) is 0 Å². The minimum absolute atomic E-state index is 0.422. The van der Waals surface area contributed by atoms with Gasteiger partial charge in [-0.3, -0.25) is 0 Å². The zero-order chi connectivity index (χ0) is 11.6. The Morgan fingerprint density at radius 1 is 0.643 bits per heavy atom. The van der Waals surface area contributed by atoms with Crippen LogP contribution in [-0.4, -0.2) is 0 Å². The molecule has 0 bridgehead atoms. The smallest absolute Gasteiger partial charge is 0.0306 e. The molecule has 0 heterocycles. The highest BCUT2D eigenvalue weighted by molar-refractivity contribution is 4.82. The van der Waals surface area contributed by atoms with Crippen molar-refractivity contribution in [3.05, 3.63) is 0 Å². The van der Waals surface area contributed by atoms with Crippen LogP contribution in [0, 0.1) is 16.2 Å². The zero-order valence-corrected chi connectivity index (χ0v) is 11.6. The van der Waals surface area contributed by atoms with Crippen molar-refractivity contribution in [3.63, 3.8) is 0 Å². The molecule has 0 amide bonds. The summed E-state index contributed by atoms with van der Waals surface area (Å²) in [6, 6.07) is 0. The SMILES string of the molecule is CC(C)(C)CCCC(C)(C)C(C)(C)C. The van der Waals surface area contributed by atoms with Gasteiger partial charge in [-0.2, -0.15) is 0 Å². The van der Waals surface area contributed by atoms with E-state index in [0.717, 1.165) is 0 Å². The summed E-state index contributed by atoms with van der Waals surface area (Å²) in [6.07, 6.45) is 4.04. The molecule has 0 saturated heterocycles. The maximum absolute atomic E-state index is 2.40. The van der Waals surface area contributed by atoms with Gasteiger partial charge in [0.15, 0.2) is 0 Å². The van der Waals surface area contributed by atoms with Crippen molar-refractivity contribution in [2.75, 3.05) is 0 Å². The van der Waals surface area contributed by atoms with Crippen molar-refractivity contribution in [2.24, 2.45) is 16.2 Å². The first kappa shape index (κ1) is 14.0. The summed E-state index contributed by atoms with van der Waals surface area (Å²) in [5.74, 6) is 0. The molecule has 0 aromatic carbocycles. The van der Waals surface area contributed by atoms with Gasteiger partial charge in [0, 0.05) is 0 Å². The Morgan fingerprint density at radius 2 is 1.07 bits per heavy atom. The van der Waals surface area contributed by atoms with Gasteiger partial charge in [-0.25, -0.2) is 0 Å². The molecule has 0 aliphatic carbocycles. The topological polar surface area (TPSA) is 0 Å². The third-order valence-electron chi connectivity index (χ3n) is 3.76. The number of rotatable bonds is 3. The second-order valence-electron chi connectivity index (χ2n) is 7.55. The molecule has 0 heteroatoms. The van der Waals surface area contributed by atoms with Gasteiger partial charge >= 0.3 is 0 Å². The van der Waals surface area contributed by atoms with Crippen LogP contribution in [0.2, 0.25) is 0 Å². The Kier molecular flexibility index (Phi) is 4.24. The molecule has 14 heavy (non-hydrogen) atoms. The summed E-state index contributed by atoms with van der Waals surface area (Å²) >= 11 is 0. The molecule has 0 rings (SSSR count). The molecule has 0 fully saturated rings. The molecular formula is C14H30. The molecule has 0 aliphatic rings. The summed E-state index contributed by atoms with van der Waals surface area (Å²) in [5, 5.41) is 0. The Labute approximate surface area is 91.5 Å². The Hall–Kier alpha value is 0. The highest BCUT2D eigenvalue weighted by atomic mass is 14.4. The van der Waals surface area contributed by atoms with Crippen LogP contribution in [0.15, 0.2) is 0 Å². The van der Waals surface area contributed by atoms with Crippen molar-refractivity contribution in [2.45, 2.75) is 74.7 Å². The minimum Gasteiger partial charge on any atom is -0.0602 e. The van der Waals surface area contributed by atoms with Crippen LogP contribution in [0.3, 0.4) is 0 Å². The molecule has 0 nitrogen and oxygen atoms in total. The van der Waals surface area contributed by atoms with Gasteiger partial charge in [-0.15, -0.1) is 0 Å². The molecule has 0 saturated carbocycles. The quantitative estimate of drug-likeness (QED) is 0.579. The lowest BCUT2D eigenvalue weighted by atomic mass is 9.66. The molecule has 0 spiro atoms. The van der Waals surface area contributed by atoms with Crippen molar-refractivity contribution in [3.8, 4) is 0 Å². The predicted molar refractivity (Wildman–Crippen MR) is 66.5 cm³/mol. The summed E-state index contributed by atoms with van der Waals surface area (Å²) in [4.78, 5) is 0. The first-order valence-corrected chi connectivity index (χ1v) is 5.96. The highest BCUT2D eigenvalue weighted by Crippen LogP contribution is 2.42. The molecule has 0 atom stereocenters. The van der Waals surface area contributed by atoms with Crippen molar-refractivity contribution in [1.29, 1.82) is 0 Å². The van der Waals surface area contributed by atoms with Crippen LogP contribution in [0.25, 0.3) is 0 Å². The van der Waals surface area contributed by atoms with Crippen LogP contribution in [0.5, 0.6) is 0 Å². The van der Waals surface area contributed by atoms with Gasteiger partial charge in [0.05, 0.1) is 0 Å². The molecule has 0 aromatic rings. The van der Waals surface area contributed by atoms with Gasteiger partial charge in [-0.1, -0.05) is 61.8 Å². The van der Waals surface area contributed by atoms with E-state index in [1.165, 1.54) is 19.3 Å². The first-order chi connectivity index (χ1) is 5.96. The van der Waals surface area contributed by atoms with Crippen molar-refractivity contribution >= 4 is 0 Å². The maximum atomic E-state index is 2.40. The fourth-order valence-electron chi connectivity index (χ4n) is 1.44. The fourth-order valence-corrected chi connectivity index (χ4v) is 1.44. The average Bonchev–Trinajstić information content (AvgIpc) is 1.80. The highest BCUT2D eigenvalue weighted by Gasteiger charge is 2.32. The average molecular weight is 198 g/mol. The second kappa shape index (κ2) is 4.24. The van der Waals surface area contributed by atoms with Crippen molar-refractivity contribution in [1.82, 2.24) is 0 Å². The minimum atomic E-state index is 0.422. The molecule has 0 unspecified atom stereocenters. The van der Waals surface area contributed by atoms with E-state index in [-0.39, 0.29) is 0 Å². The molecule has 0 aromatic heterocycles. The van der Waals surface area contributed by atoms with E-state index in [9.17, 15) is 0 Å². The Bertz CT molecular complexity index is 161. The van der Waals surface area contributed by atoms with Crippen LogP contribution < -0.4 is 0 Å². The van der Waals surface area contributed by atoms with Gasteiger partial charge < -0.3 is 0 Å². The van der Waals surface area contributed by atoms with E-state index < -0.39 is 0 Å². The molecule has 0 N–H and O–H groups in total. The molecule has 86 valence electrons. The normalized spacial score (nSPS) is 14.6. The standard InChI is InChI=1S/C14H30/c1-12(2,3)10-9-11-14(7,8)13(4,5)6/h9-11H2,1-8H3. The Balaban J connectivity index is 4.02. The van der Waals surface area contributed by atoms with Crippen LogP contribution in [0.1, 0.15) is 74.7 Å². The summed E-state index contributed by atoms with van der Waals surface area (Å²) in [6.45, 7) is 18.8. The molecule has 0 aliphatic heterocycles. The summed E-state index contributed by atoms with van der Waals surface area (Å²) in [5.41, 5.74) is 1.37. The third-order valence-corrected chi connectivity index (χ3v) is 3.76. The lowest BCUT2D eigenvalue weighted by Gasteiger charge is -2.39. The van der Waals surface area contributed by atoms with Crippen LogP contribution in [-0.2, 0) is 0 Å². The third kappa shape index (κ3) is 5.02. The lowest BCUT2D eigenvalue weighted by molar-refractivity contribution is 0.111. The van der Waals surface area contributed by atoms with Gasteiger partial charge in [0.25, 0.3) is 0 Å². The van der Waals surface area contributed by atoms with Gasteiger partial charge in [0.1, 0.15) is 0 Å². The maximum Gasteiger partial charge on any atom is -0.0306 e. The zero-order valence-electron chi connectivity index (χ0n) is 11.6.